The van der Waals surface area contributed by atoms with Crippen molar-refractivity contribution in [1.82, 2.24) is 0 Å². The van der Waals surface area contributed by atoms with Crippen LogP contribution in [0, 0.1) is 0 Å². The van der Waals surface area contributed by atoms with Crippen LogP contribution >= 0.6 is 0 Å². The number of aliphatic hydroxyl groups is 1. The second-order valence-electron chi connectivity index (χ2n) is 3.43. The maximum absolute atomic E-state index is 11.2. The molecule has 2 heteroatoms. The van der Waals surface area contributed by atoms with E-state index in [0.29, 0.717) is 0 Å². The summed E-state index contributed by atoms with van der Waals surface area (Å²) in [7, 11) is 0. The normalized spacial score (nSPS) is 12.6. The molecule has 0 radical (unpaired) electrons. The number of hydrogen-bond donors (Lipinski definition) is 1. The van der Waals surface area contributed by atoms with Crippen LogP contribution in [0.15, 0.2) is 11.1 Å². The van der Waals surface area contributed by atoms with Crippen LogP contribution in [0.5, 0.6) is 0 Å². The Labute approximate surface area is 80.7 Å². The molecule has 0 aliphatic heterocycles. The minimum atomic E-state index is 0.00103. The number of aliphatic hydroxyl groups excluding tert-OH is 1. The highest BCUT2D eigenvalue weighted by atomic mass is 16.3. The zero-order valence-electron chi connectivity index (χ0n) is 8.89. The molecule has 0 heterocycles. The third kappa shape index (κ3) is 4.83. The van der Waals surface area contributed by atoms with Gasteiger partial charge in [-0.3, -0.25) is 4.79 Å². The summed E-state index contributed by atoms with van der Waals surface area (Å²) in [6, 6.07) is 0. The first kappa shape index (κ1) is 12.4. The molecule has 0 amide bonds. The first-order valence-corrected chi connectivity index (χ1v) is 4.93. The van der Waals surface area contributed by atoms with Crippen molar-refractivity contribution in [3.63, 3.8) is 0 Å². The van der Waals surface area contributed by atoms with E-state index in [4.69, 9.17) is 5.11 Å². The Morgan fingerprint density at radius 3 is 2.23 bits per heavy atom. The molecular formula is C11H20O2. The molecule has 0 unspecified atom stereocenters. The maximum Gasteiger partial charge on any atom is 0.155 e. The van der Waals surface area contributed by atoms with Gasteiger partial charge in [-0.2, -0.15) is 0 Å². The molecule has 0 spiro atoms. The van der Waals surface area contributed by atoms with E-state index in [2.05, 4.69) is 6.92 Å². The van der Waals surface area contributed by atoms with Crippen molar-refractivity contribution in [1.29, 1.82) is 0 Å². The quantitative estimate of drug-likeness (QED) is 0.508. The lowest BCUT2D eigenvalue weighted by molar-refractivity contribution is -0.113. The summed E-state index contributed by atoms with van der Waals surface area (Å²) < 4.78 is 0. The molecule has 0 fully saturated rings. The molecule has 0 aliphatic carbocycles. The number of ketones is 1. The van der Waals surface area contributed by atoms with Crippen LogP contribution in [0.1, 0.15) is 46.5 Å². The molecule has 2 nitrogen and oxygen atoms in total. The molecule has 0 aromatic carbocycles. The monoisotopic (exact) mass is 184 g/mol. The molecule has 0 saturated carbocycles. The van der Waals surface area contributed by atoms with E-state index in [9.17, 15) is 4.79 Å². The van der Waals surface area contributed by atoms with Crippen molar-refractivity contribution in [3.05, 3.63) is 11.1 Å². The summed E-state index contributed by atoms with van der Waals surface area (Å²) >= 11 is 0. The number of hydrogen-bond acceptors (Lipinski definition) is 2. The summed E-state index contributed by atoms with van der Waals surface area (Å²) in [6.45, 7) is 5.53. The van der Waals surface area contributed by atoms with Crippen LogP contribution in [-0.4, -0.2) is 17.5 Å². The highest BCUT2D eigenvalue weighted by molar-refractivity contribution is 5.93. The van der Waals surface area contributed by atoms with Gasteiger partial charge in [-0.15, -0.1) is 0 Å². The van der Waals surface area contributed by atoms with Gasteiger partial charge in [-0.05, 0) is 37.8 Å². The molecule has 0 saturated heterocycles. The number of unbranched alkanes of at least 4 members (excludes halogenated alkanes) is 2. The molecule has 76 valence electrons. The molecule has 0 rings (SSSR count). The molecule has 0 bridgehead atoms. The van der Waals surface area contributed by atoms with Gasteiger partial charge in [0.2, 0.25) is 0 Å². The van der Waals surface area contributed by atoms with Crippen molar-refractivity contribution in [2.45, 2.75) is 46.5 Å². The summed E-state index contributed by atoms with van der Waals surface area (Å²) in [5.41, 5.74) is 1.64. The standard InChI is InChI=1S/C11H20O2/c1-4-5-6-7-11(10(3)13)9(2)8-12/h12H,4-8H2,1-3H3. The lowest BCUT2D eigenvalue weighted by Crippen LogP contribution is -2.03. The number of carbonyl (C=O) groups excluding carboxylic acids is 1. The summed E-state index contributed by atoms with van der Waals surface area (Å²) in [5, 5.41) is 8.90. The lowest BCUT2D eigenvalue weighted by atomic mass is 10.00. The molecule has 0 aromatic rings. The van der Waals surface area contributed by atoms with Gasteiger partial charge >= 0.3 is 0 Å². The average molecular weight is 184 g/mol. The second-order valence-corrected chi connectivity index (χ2v) is 3.43. The smallest absolute Gasteiger partial charge is 0.155 e. The highest BCUT2D eigenvalue weighted by Gasteiger charge is 2.06. The number of allylic oxidation sites excluding steroid dienone is 1. The first-order valence-electron chi connectivity index (χ1n) is 4.93. The van der Waals surface area contributed by atoms with Crippen LogP contribution in [-0.2, 0) is 4.79 Å². The summed E-state index contributed by atoms with van der Waals surface area (Å²) in [4.78, 5) is 11.2. The fraction of sp³-hybridized carbons (Fsp3) is 0.727. The number of carbonyl (C=O) groups is 1. The average Bonchev–Trinajstić information content (AvgIpc) is 2.11. The van der Waals surface area contributed by atoms with E-state index in [0.717, 1.165) is 36.8 Å². The van der Waals surface area contributed by atoms with Gasteiger partial charge in [0.15, 0.2) is 5.78 Å². The second kappa shape index (κ2) is 6.84. The number of rotatable bonds is 6. The van der Waals surface area contributed by atoms with Crippen LogP contribution in [0.4, 0.5) is 0 Å². The molecular weight excluding hydrogens is 164 g/mol. The fourth-order valence-electron chi connectivity index (χ4n) is 1.34. The minimum Gasteiger partial charge on any atom is -0.392 e. The molecule has 13 heavy (non-hydrogen) atoms. The van der Waals surface area contributed by atoms with Crippen LogP contribution in [0.25, 0.3) is 0 Å². The van der Waals surface area contributed by atoms with E-state index in [-0.39, 0.29) is 12.4 Å². The fourth-order valence-corrected chi connectivity index (χ4v) is 1.34. The number of Topliss-reactive ketones (excluding diaryl/α,β-unsaturated/α-hetero) is 1. The van der Waals surface area contributed by atoms with Crippen molar-refractivity contribution in [2.24, 2.45) is 0 Å². The van der Waals surface area contributed by atoms with Gasteiger partial charge in [0.05, 0.1) is 6.61 Å². The van der Waals surface area contributed by atoms with Gasteiger partial charge in [0.1, 0.15) is 0 Å². The minimum absolute atomic E-state index is 0.00103. The van der Waals surface area contributed by atoms with Crippen molar-refractivity contribution < 1.29 is 9.90 Å². The predicted molar refractivity (Wildman–Crippen MR) is 54.6 cm³/mol. The zero-order valence-corrected chi connectivity index (χ0v) is 8.89. The SMILES string of the molecule is CCCCCC(C(C)=O)=C(C)CO. The molecule has 1 N–H and O–H groups in total. The first-order chi connectivity index (χ1) is 6.13. The van der Waals surface area contributed by atoms with E-state index < -0.39 is 0 Å². The van der Waals surface area contributed by atoms with E-state index in [1.165, 1.54) is 0 Å². The zero-order chi connectivity index (χ0) is 10.3. The predicted octanol–water partition coefficient (Wildman–Crippen LogP) is 2.46. The maximum atomic E-state index is 11.2. The Morgan fingerprint density at radius 1 is 1.23 bits per heavy atom. The topological polar surface area (TPSA) is 37.3 Å². The third-order valence-electron chi connectivity index (χ3n) is 2.21. The Bertz CT molecular complexity index is 192. The van der Waals surface area contributed by atoms with Crippen molar-refractivity contribution in [3.8, 4) is 0 Å². The van der Waals surface area contributed by atoms with Gasteiger partial charge in [0.25, 0.3) is 0 Å². The Balaban J connectivity index is 4.19. The van der Waals surface area contributed by atoms with Gasteiger partial charge in [-0.1, -0.05) is 19.8 Å². The van der Waals surface area contributed by atoms with Crippen LogP contribution in [0.2, 0.25) is 0 Å². The highest BCUT2D eigenvalue weighted by Crippen LogP contribution is 2.14. The summed E-state index contributed by atoms with van der Waals surface area (Å²) in [5.74, 6) is 0.0997. The van der Waals surface area contributed by atoms with Gasteiger partial charge < -0.3 is 5.11 Å². The molecule has 0 atom stereocenters. The van der Waals surface area contributed by atoms with Crippen molar-refractivity contribution in [2.75, 3.05) is 6.61 Å². The van der Waals surface area contributed by atoms with E-state index >= 15 is 0 Å². The third-order valence-corrected chi connectivity index (χ3v) is 2.21. The largest absolute Gasteiger partial charge is 0.392 e. The Morgan fingerprint density at radius 2 is 1.85 bits per heavy atom. The van der Waals surface area contributed by atoms with E-state index in [1.807, 2.05) is 6.92 Å². The van der Waals surface area contributed by atoms with Crippen LogP contribution < -0.4 is 0 Å². The van der Waals surface area contributed by atoms with Crippen LogP contribution in [0.3, 0.4) is 0 Å². The van der Waals surface area contributed by atoms with Gasteiger partial charge in [0, 0.05) is 0 Å². The Kier molecular flexibility index (Phi) is 6.51. The summed E-state index contributed by atoms with van der Waals surface area (Å²) in [6.07, 6.45) is 4.16. The molecule has 0 aromatic heterocycles. The van der Waals surface area contributed by atoms with E-state index in [1.54, 1.807) is 6.92 Å². The lowest BCUT2D eigenvalue weighted by Gasteiger charge is -2.06. The van der Waals surface area contributed by atoms with Crippen molar-refractivity contribution >= 4 is 5.78 Å². The van der Waals surface area contributed by atoms with Gasteiger partial charge in [-0.25, -0.2) is 0 Å². The Hall–Kier alpha value is -0.630. The molecule has 0 aliphatic rings.